The second kappa shape index (κ2) is 6.79. The van der Waals surface area contributed by atoms with Gasteiger partial charge in [-0.2, -0.15) is 9.61 Å². The second-order valence-corrected chi connectivity index (χ2v) is 7.00. The van der Waals surface area contributed by atoms with Gasteiger partial charge < -0.3 is 16.0 Å². The summed E-state index contributed by atoms with van der Waals surface area (Å²) >= 11 is 0. The van der Waals surface area contributed by atoms with Crippen molar-refractivity contribution in [2.24, 2.45) is 0 Å². The van der Waals surface area contributed by atoms with Crippen molar-refractivity contribution in [3.63, 3.8) is 0 Å². The van der Waals surface area contributed by atoms with Gasteiger partial charge in [0.25, 0.3) is 5.91 Å². The van der Waals surface area contributed by atoms with Gasteiger partial charge in [0.15, 0.2) is 5.65 Å². The van der Waals surface area contributed by atoms with Gasteiger partial charge in [0, 0.05) is 23.7 Å². The van der Waals surface area contributed by atoms with E-state index in [2.05, 4.69) is 31.3 Å². The molecule has 9 nitrogen and oxygen atoms in total. The molecule has 1 aliphatic heterocycles. The van der Waals surface area contributed by atoms with E-state index in [-0.39, 0.29) is 17.2 Å². The average Bonchev–Trinajstić information content (AvgIpc) is 3.34. The van der Waals surface area contributed by atoms with Crippen LogP contribution in [-0.2, 0) is 4.79 Å². The van der Waals surface area contributed by atoms with Gasteiger partial charge in [0.1, 0.15) is 29.0 Å². The molecule has 2 aromatic heterocycles. The zero-order chi connectivity index (χ0) is 20.8. The molecular formula is C19H15F2N7O2. The molecule has 1 aromatic carbocycles. The summed E-state index contributed by atoms with van der Waals surface area (Å²) in [6.45, 7) is 0. The number of aromatic nitrogens is 3. The lowest BCUT2D eigenvalue weighted by atomic mass is 10.2. The Kier molecular flexibility index (Phi) is 4.09. The van der Waals surface area contributed by atoms with Gasteiger partial charge in [-0.05, 0) is 31.1 Å². The molecule has 1 saturated heterocycles. The summed E-state index contributed by atoms with van der Waals surface area (Å²) in [5.74, 6) is -0.918. The number of halogens is 2. The fourth-order valence-electron chi connectivity index (χ4n) is 3.05. The monoisotopic (exact) mass is 411 g/mol. The van der Waals surface area contributed by atoms with Crippen LogP contribution in [0.1, 0.15) is 18.4 Å². The van der Waals surface area contributed by atoms with Gasteiger partial charge in [0.2, 0.25) is 0 Å². The number of carbonyl (C=O) groups is 2. The van der Waals surface area contributed by atoms with Gasteiger partial charge in [-0.1, -0.05) is 0 Å². The minimum absolute atomic E-state index is 0.0583. The molecule has 3 amide bonds. The second-order valence-electron chi connectivity index (χ2n) is 7.00. The third kappa shape index (κ3) is 3.41. The average molecular weight is 411 g/mol. The Hall–Kier alpha value is -4.02. The number of urea groups is 1. The number of hydrogen-bond acceptors (Lipinski definition) is 6. The Labute approximate surface area is 168 Å². The highest BCUT2D eigenvalue weighted by atomic mass is 19.1. The summed E-state index contributed by atoms with van der Waals surface area (Å²) in [5, 5.41) is 14.9. The molecule has 2 fully saturated rings. The molecule has 3 aromatic rings. The summed E-state index contributed by atoms with van der Waals surface area (Å²) in [5.41, 5.74) is 0.819. The van der Waals surface area contributed by atoms with Gasteiger partial charge in [0.05, 0.1) is 11.9 Å². The zero-order valence-corrected chi connectivity index (χ0v) is 15.4. The van der Waals surface area contributed by atoms with Crippen LogP contribution in [0, 0.1) is 11.6 Å². The number of anilines is 3. The maximum Gasteiger partial charge on any atom is 0.326 e. The van der Waals surface area contributed by atoms with E-state index in [0.717, 1.165) is 31.0 Å². The number of nitrogens with zero attached hydrogens (tertiary/aromatic N) is 3. The molecule has 2 aliphatic rings. The molecule has 152 valence electrons. The van der Waals surface area contributed by atoms with Crippen LogP contribution < -0.4 is 21.3 Å². The van der Waals surface area contributed by atoms with Crippen molar-refractivity contribution in [1.29, 1.82) is 0 Å². The molecular weight excluding hydrogens is 396 g/mol. The van der Waals surface area contributed by atoms with Gasteiger partial charge in [-0.3, -0.25) is 10.1 Å². The van der Waals surface area contributed by atoms with Crippen molar-refractivity contribution in [1.82, 2.24) is 25.2 Å². The minimum atomic E-state index is -0.629. The molecule has 0 radical (unpaired) electrons. The van der Waals surface area contributed by atoms with E-state index in [4.69, 9.17) is 0 Å². The fourth-order valence-corrected chi connectivity index (χ4v) is 3.05. The summed E-state index contributed by atoms with van der Waals surface area (Å²) < 4.78 is 29.2. The Balaban J connectivity index is 1.59. The summed E-state index contributed by atoms with van der Waals surface area (Å²) in [6, 6.07) is 4.40. The first-order valence-corrected chi connectivity index (χ1v) is 9.18. The third-order valence-electron chi connectivity index (χ3n) is 4.64. The van der Waals surface area contributed by atoms with Gasteiger partial charge >= 0.3 is 6.03 Å². The number of nitrogens with one attached hydrogen (secondary N) is 4. The SMILES string of the molecule is O=C1NC(=O)/C(=C/c2cnn3c(NC4CC4)cc(Nc4cc(F)ccc4F)nc23)N1. The van der Waals surface area contributed by atoms with Crippen LogP contribution in [0.2, 0.25) is 0 Å². The standard InChI is InChI=1S/C19H15F2N7O2/c20-10-1-4-12(21)13(6-10)24-15-7-16(23-11-2-3-11)28-17(26-15)9(8-22-28)5-14-18(29)27-19(30)25-14/h1,4-8,11,23H,2-3H2,(H,24,26)(H2,25,27,29,30)/b14-5-. The van der Waals surface area contributed by atoms with Crippen LogP contribution in [-0.4, -0.2) is 32.6 Å². The molecule has 0 unspecified atom stereocenters. The number of carbonyl (C=O) groups excluding carboxylic acids is 2. The largest absolute Gasteiger partial charge is 0.367 e. The van der Waals surface area contributed by atoms with Crippen LogP contribution in [0.25, 0.3) is 11.7 Å². The van der Waals surface area contributed by atoms with Crippen molar-refractivity contribution in [2.75, 3.05) is 10.6 Å². The van der Waals surface area contributed by atoms with Crippen molar-refractivity contribution in [2.45, 2.75) is 18.9 Å². The number of rotatable bonds is 5. The first kappa shape index (κ1) is 18.0. The Morgan fingerprint density at radius 2 is 2.00 bits per heavy atom. The normalized spacial score (nSPS) is 17.3. The molecule has 5 rings (SSSR count). The molecule has 11 heteroatoms. The highest BCUT2D eigenvalue weighted by Gasteiger charge is 2.25. The van der Waals surface area contributed by atoms with Crippen LogP contribution >= 0.6 is 0 Å². The van der Waals surface area contributed by atoms with Gasteiger partial charge in [-0.25, -0.2) is 18.6 Å². The highest BCUT2D eigenvalue weighted by Crippen LogP contribution is 2.29. The fraction of sp³-hybridized carbons (Fsp3) is 0.158. The van der Waals surface area contributed by atoms with Crippen LogP contribution in [0.4, 0.5) is 30.9 Å². The van der Waals surface area contributed by atoms with Crippen molar-refractivity contribution >= 4 is 41.0 Å². The molecule has 0 bridgehead atoms. The van der Waals surface area contributed by atoms with Crippen LogP contribution in [0.3, 0.4) is 0 Å². The number of hydrogen-bond donors (Lipinski definition) is 4. The predicted octanol–water partition coefficient (Wildman–Crippen LogP) is 2.51. The lowest BCUT2D eigenvalue weighted by molar-refractivity contribution is -0.115. The molecule has 1 aliphatic carbocycles. The summed E-state index contributed by atoms with van der Waals surface area (Å²) in [4.78, 5) is 27.6. The smallest absolute Gasteiger partial charge is 0.326 e. The maximum atomic E-state index is 14.1. The van der Waals surface area contributed by atoms with E-state index >= 15 is 0 Å². The number of benzene rings is 1. The van der Waals surface area contributed by atoms with Gasteiger partial charge in [-0.15, -0.1) is 0 Å². The number of imide groups is 1. The first-order chi connectivity index (χ1) is 14.5. The molecule has 1 saturated carbocycles. The zero-order valence-electron chi connectivity index (χ0n) is 15.4. The lowest BCUT2D eigenvalue weighted by Crippen LogP contribution is -2.22. The Morgan fingerprint density at radius 3 is 2.73 bits per heavy atom. The van der Waals surface area contributed by atoms with E-state index in [0.29, 0.717) is 23.1 Å². The molecule has 0 spiro atoms. The molecule has 4 N–H and O–H groups in total. The quantitative estimate of drug-likeness (QED) is 0.379. The molecule has 30 heavy (non-hydrogen) atoms. The van der Waals surface area contributed by atoms with E-state index in [1.807, 2.05) is 0 Å². The third-order valence-corrected chi connectivity index (χ3v) is 4.64. The molecule has 3 heterocycles. The first-order valence-electron chi connectivity index (χ1n) is 9.18. The van der Waals surface area contributed by atoms with Crippen molar-refractivity contribution in [3.8, 4) is 0 Å². The van der Waals surface area contributed by atoms with Crippen LogP contribution in [0.5, 0.6) is 0 Å². The van der Waals surface area contributed by atoms with E-state index in [1.54, 1.807) is 10.6 Å². The topological polar surface area (TPSA) is 112 Å². The maximum absolute atomic E-state index is 14.1. The Morgan fingerprint density at radius 1 is 1.17 bits per heavy atom. The van der Waals surface area contributed by atoms with Crippen LogP contribution in [0.15, 0.2) is 36.2 Å². The molecule has 0 atom stereocenters. The lowest BCUT2D eigenvalue weighted by Gasteiger charge is -2.12. The van der Waals surface area contributed by atoms with E-state index < -0.39 is 23.6 Å². The van der Waals surface area contributed by atoms with Crippen molar-refractivity contribution < 1.29 is 18.4 Å². The van der Waals surface area contributed by atoms with Crippen molar-refractivity contribution in [3.05, 3.63) is 53.4 Å². The Bertz CT molecular complexity index is 1230. The minimum Gasteiger partial charge on any atom is -0.367 e. The van der Waals surface area contributed by atoms with E-state index in [9.17, 15) is 18.4 Å². The summed E-state index contributed by atoms with van der Waals surface area (Å²) in [6.07, 6.45) is 4.96. The highest BCUT2D eigenvalue weighted by molar-refractivity contribution is 6.14. The number of fused-ring (bicyclic) bond motifs is 1. The summed E-state index contributed by atoms with van der Waals surface area (Å²) in [7, 11) is 0. The predicted molar refractivity (Wildman–Crippen MR) is 104 cm³/mol. The number of amides is 3. The van der Waals surface area contributed by atoms with E-state index in [1.165, 1.54) is 12.3 Å².